The van der Waals surface area contributed by atoms with Crippen LogP contribution in [0.25, 0.3) is 11.5 Å². The maximum atomic E-state index is 12.6. The molecule has 2 N–H and O–H groups in total. The van der Waals surface area contributed by atoms with Gasteiger partial charge in [0.2, 0.25) is 0 Å². The molecule has 0 atom stereocenters. The summed E-state index contributed by atoms with van der Waals surface area (Å²) in [5.41, 5.74) is 2.09. The summed E-state index contributed by atoms with van der Waals surface area (Å²) in [6.45, 7) is 2.66. The Morgan fingerprint density at radius 1 is 1.17 bits per heavy atom. The molecule has 4 aromatic rings. The first-order valence-electron chi connectivity index (χ1n) is 8.81. The Kier molecular flexibility index (Phi) is 5.38. The predicted octanol–water partition coefficient (Wildman–Crippen LogP) is 3.11. The van der Waals surface area contributed by atoms with Crippen molar-refractivity contribution in [3.05, 3.63) is 47.2 Å². The summed E-state index contributed by atoms with van der Waals surface area (Å²) < 4.78 is 1.55. The molecule has 0 saturated heterocycles. The van der Waals surface area contributed by atoms with Crippen molar-refractivity contribution in [1.82, 2.24) is 34.6 Å². The Balaban J connectivity index is 1.57. The van der Waals surface area contributed by atoms with E-state index in [0.717, 1.165) is 0 Å². The molecule has 0 spiro atoms. The second kappa shape index (κ2) is 8.13. The van der Waals surface area contributed by atoms with E-state index in [-0.39, 0.29) is 5.02 Å². The van der Waals surface area contributed by atoms with Gasteiger partial charge in [-0.05, 0) is 13.0 Å². The number of pyridine rings is 1. The second-order valence-electron chi connectivity index (χ2n) is 6.18. The summed E-state index contributed by atoms with van der Waals surface area (Å²) in [6.07, 6.45) is 7.61. The lowest BCUT2D eigenvalue weighted by Gasteiger charge is -2.21. The minimum atomic E-state index is -0.493. The Morgan fingerprint density at radius 2 is 1.93 bits per heavy atom. The number of nitrogens with zero attached hydrogens (tertiary/aromatic N) is 8. The van der Waals surface area contributed by atoms with Gasteiger partial charge in [-0.3, -0.25) is 0 Å². The van der Waals surface area contributed by atoms with Gasteiger partial charge >= 0.3 is 6.03 Å². The Morgan fingerprint density at radius 3 is 2.63 bits per heavy atom. The van der Waals surface area contributed by atoms with E-state index in [1.807, 2.05) is 18.9 Å². The SMILES string of the molecule is CCN(C)c1c(NC(=O)Nc2cnc(-n3nccn3)c(Cl)c2)cnn2cc(Cl)nc12. The minimum Gasteiger partial charge on any atom is -0.370 e. The van der Waals surface area contributed by atoms with Crippen molar-refractivity contribution in [3.63, 3.8) is 0 Å². The summed E-state index contributed by atoms with van der Waals surface area (Å²) in [6, 6.07) is 1.06. The Hall–Kier alpha value is -3.44. The smallest absolute Gasteiger partial charge is 0.323 e. The van der Waals surface area contributed by atoms with Gasteiger partial charge in [0.25, 0.3) is 0 Å². The standard InChI is InChI=1S/C17H16Cl2N10O/c1-3-27(2)14-12(8-23-28-9-13(19)26-16(14)28)25-17(30)24-10-6-11(18)15(20-7-10)29-21-4-5-22-29/h4-9H,3H2,1-2H3,(H2,24,25,30). The molecule has 154 valence electrons. The number of rotatable bonds is 5. The Labute approximate surface area is 180 Å². The van der Waals surface area contributed by atoms with E-state index in [1.165, 1.54) is 29.6 Å². The number of carbonyl (C=O) groups is 1. The average Bonchev–Trinajstić information content (AvgIpc) is 3.36. The number of imidazole rings is 1. The van der Waals surface area contributed by atoms with E-state index in [0.29, 0.717) is 40.2 Å². The molecular formula is C17H16Cl2N10O. The lowest BCUT2D eigenvalue weighted by molar-refractivity contribution is 0.262. The van der Waals surface area contributed by atoms with Crippen molar-refractivity contribution in [2.24, 2.45) is 0 Å². The zero-order valence-corrected chi connectivity index (χ0v) is 17.4. The monoisotopic (exact) mass is 446 g/mol. The van der Waals surface area contributed by atoms with Crippen LogP contribution in [-0.2, 0) is 0 Å². The Bertz CT molecular complexity index is 1210. The molecule has 0 bridgehead atoms. The van der Waals surface area contributed by atoms with E-state index >= 15 is 0 Å². The van der Waals surface area contributed by atoms with Crippen LogP contribution in [0.3, 0.4) is 0 Å². The highest BCUT2D eigenvalue weighted by Crippen LogP contribution is 2.30. The van der Waals surface area contributed by atoms with Crippen LogP contribution in [0, 0.1) is 0 Å². The van der Waals surface area contributed by atoms with E-state index in [4.69, 9.17) is 23.2 Å². The summed E-state index contributed by atoms with van der Waals surface area (Å²) in [5.74, 6) is 0.352. The molecule has 13 heteroatoms. The molecule has 0 unspecified atom stereocenters. The van der Waals surface area contributed by atoms with Crippen molar-refractivity contribution in [2.45, 2.75) is 6.92 Å². The van der Waals surface area contributed by atoms with E-state index in [2.05, 4.69) is 35.9 Å². The average molecular weight is 447 g/mol. The number of fused-ring (bicyclic) bond motifs is 1. The third-order valence-corrected chi connectivity index (χ3v) is 4.69. The molecule has 4 aromatic heterocycles. The first-order valence-corrected chi connectivity index (χ1v) is 9.57. The molecule has 0 aromatic carbocycles. The third kappa shape index (κ3) is 3.84. The quantitative estimate of drug-likeness (QED) is 0.483. The van der Waals surface area contributed by atoms with Crippen molar-refractivity contribution < 1.29 is 4.79 Å². The van der Waals surface area contributed by atoms with Gasteiger partial charge in [-0.2, -0.15) is 15.3 Å². The zero-order chi connectivity index (χ0) is 21.3. The normalized spacial score (nSPS) is 10.9. The molecule has 0 radical (unpaired) electrons. The van der Waals surface area contributed by atoms with Crippen molar-refractivity contribution in [1.29, 1.82) is 0 Å². The number of urea groups is 1. The van der Waals surface area contributed by atoms with Gasteiger partial charge in [-0.15, -0.1) is 4.80 Å². The van der Waals surface area contributed by atoms with E-state index in [1.54, 1.807) is 16.8 Å². The second-order valence-corrected chi connectivity index (χ2v) is 6.97. The highest BCUT2D eigenvalue weighted by molar-refractivity contribution is 6.32. The van der Waals surface area contributed by atoms with E-state index in [9.17, 15) is 4.79 Å². The molecule has 11 nitrogen and oxygen atoms in total. The molecule has 0 aliphatic heterocycles. The van der Waals surface area contributed by atoms with Gasteiger partial charge in [0.1, 0.15) is 10.8 Å². The summed E-state index contributed by atoms with van der Waals surface area (Å²) in [5, 5.41) is 18.3. The maximum absolute atomic E-state index is 12.6. The number of carbonyl (C=O) groups excluding carboxylic acids is 1. The number of halogens is 2. The molecule has 4 rings (SSSR count). The maximum Gasteiger partial charge on any atom is 0.323 e. The fraction of sp³-hybridized carbons (Fsp3) is 0.176. The molecule has 30 heavy (non-hydrogen) atoms. The fourth-order valence-electron chi connectivity index (χ4n) is 2.78. The molecule has 0 aliphatic rings. The molecule has 0 fully saturated rings. The van der Waals surface area contributed by atoms with Crippen molar-refractivity contribution in [2.75, 3.05) is 29.1 Å². The van der Waals surface area contributed by atoms with Gasteiger partial charge in [0, 0.05) is 13.6 Å². The first-order chi connectivity index (χ1) is 14.5. The molecule has 0 saturated carbocycles. The number of hydrogen-bond donors (Lipinski definition) is 2. The van der Waals surface area contributed by atoms with E-state index < -0.39 is 6.03 Å². The zero-order valence-electron chi connectivity index (χ0n) is 15.9. The largest absolute Gasteiger partial charge is 0.370 e. The van der Waals surface area contributed by atoms with Crippen LogP contribution in [0.15, 0.2) is 37.1 Å². The minimum absolute atomic E-state index is 0.283. The lowest BCUT2D eigenvalue weighted by Crippen LogP contribution is -2.24. The summed E-state index contributed by atoms with van der Waals surface area (Å²) in [7, 11) is 1.88. The van der Waals surface area contributed by atoms with Crippen LogP contribution in [0.1, 0.15) is 6.92 Å². The van der Waals surface area contributed by atoms with Crippen LogP contribution in [0.2, 0.25) is 10.2 Å². The molecule has 0 aliphatic carbocycles. The number of nitrogens with one attached hydrogen (secondary N) is 2. The van der Waals surface area contributed by atoms with Crippen LogP contribution < -0.4 is 15.5 Å². The number of hydrogen-bond acceptors (Lipinski definition) is 7. The lowest BCUT2D eigenvalue weighted by atomic mass is 10.3. The fourth-order valence-corrected chi connectivity index (χ4v) is 3.19. The molecule has 2 amide bonds. The number of aromatic nitrogens is 7. The molecular weight excluding hydrogens is 431 g/mol. The van der Waals surface area contributed by atoms with Gasteiger partial charge in [0.05, 0.1) is 47.4 Å². The van der Waals surface area contributed by atoms with Crippen LogP contribution in [0.4, 0.5) is 21.9 Å². The topological polar surface area (TPSA) is 118 Å². The van der Waals surface area contributed by atoms with Crippen LogP contribution >= 0.6 is 23.2 Å². The number of anilines is 3. The van der Waals surface area contributed by atoms with Gasteiger partial charge in [-0.1, -0.05) is 23.2 Å². The van der Waals surface area contributed by atoms with Crippen molar-refractivity contribution in [3.8, 4) is 5.82 Å². The predicted molar refractivity (Wildman–Crippen MR) is 114 cm³/mol. The van der Waals surface area contributed by atoms with Gasteiger partial charge < -0.3 is 15.5 Å². The van der Waals surface area contributed by atoms with Crippen molar-refractivity contribution >= 4 is 51.9 Å². The summed E-state index contributed by atoms with van der Waals surface area (Å²) >= 11 is 12.3. The van der Waals surface area contributed by atoms with Crippen LogP contribution in [-0.4, -0.2) is 54.2 Å². The highest BCUT2D eigenvalue weighted by Gasteiger charge is 2.17. The van der Waals surface area contributed by atoms with Gasteiger partial charge in [-0.25, -0.2) is 19.3 Å². The molecule has 4 heterocycles. The highest BCUT2D eigenvalue weighted by atomic mass is 35.5. The van der Waals surface area contributed by atoms with Gasteiger partial charge in [0.15, 0.2) is 11.5 Å². The first kappa shape index (κ1) is 19.9. The van der Waals surface area contributed by atoms with Crippen LogP contribution in [0.5, 0.6) is 0 Å². The number of amides is 2. The third-order valence-electron chi connectivity index (χ3n) is 4.23. The summed E-state index contributed by atoms with van der Waals surface area (Å²) in [4.78, 5) is 24.3.